The Morgan fingerprint density at radius 2 is 2.30 bits per heavy atom. The minimum absolute atomic E-state index is 0.0605. The Balaban J connectivity index is 1.81. The summed E-state index contributed by atoms with van der Waals surface area (Å²) in [5.74, 6) is -0.0762. The topological polar surface area (TPSA) is 76.0 Å². The second-order valence-corrected chi connectivity index (χ2v) is 6.09. The van der Waals surface area contributed by atoms with Crippen LogP contribution in [0.3, 0.4) is 0 Å². The molecule has 1 aliphatic rings. The zero-order valence-electron chi connectivity index (χ0n) is 14.0. The third-order valence-corrected chi connectivity index (χ3v) is 4.32. The van der Waals surface area contributed by atoms with Crippen LogP contribution >= 0.6 is 0 Å². The van der Waals surface area contributed by atoms with Gasteiger partial charge >= 0.3 is 0 Å². The van der Waals surface area contributed by atoms with Crippen molar-refractivity contribution in [3.05, 3.63) is 35.2 Å². The summed E-state index contributed by atoms with van der Waals surface area (Å²) >= 11 is 0. The highest BCUT2D eigenvalue weighted by atomic mass is 16.5. The van der Waals surface area contributed by atoms with Gasteiger partial charge in [0.15, 0.2) is 5.69 Å². The molecule has 3 heterocycles. The fraction of sp³-hybridized carbons (Fsp3) is 0.562. The van der Waals surface area contributed by atoms with Gasteiger partial charge in [-0.2, -0.15) is 5.10 Å². The smallest absolute Gasteiger partial charge is 0.274 e. The maximum Gasteiger partial charge on any atom is 0.274 e. The molecule has 1 amide bonds. The first-order valence-corrected chi connectivity index (χ1v) is 7.98. The molecule has 0 aliphatic carbocycles. The van der Waals surface area contributed by atoms with Crippen molar-refractivity contribution in [1.82, 2.24) is 24.6 Å². The number of carbonyl (C=O) groups is 1. The first-order chi connectivity index (χ1) is 11.0. The number of fused-ring (bicyclic) bond motifs is 1. The van der Waals surface area contributed by atoms with Gasteiger partial charge in [0.25, 0.3) is 5.91 Å². The van der Waals surface area contributed by atoms with E-state index < -0.39 is 0 Å². The SMILES string of the molecule is CCn1cncc1CN(C)C(=O)c1n[nH]c2c1C[C@H](C)O[C@@H]2C. The van der Waals surface area contributed by atoms with E-state index in [4.69, 9.17) is 4.74 Å². The summed E-state index contributed by atoms with van der Waals surface area (Å²) in [7, 11) is 1.79. The number of aromatic nitrogens is 4. The van der Waals surface area contributed by atoms with Gasteiger partial charge in [0.05, 0.1) is 36.5 Å². The highest BCUT2D eigenvalue weighted by Crippen LogP contribution is 2.30. The summed E-state index contributed by atoms with van der Waals surface area (Å²) in [6, 6.07) is 0. The lowest BCUT2D eigenvalue weighted by molar-refractivity contribution is -0.00701. The van der Waals surface area contributed by atoms with Crippen LogP contribution in [-0.2, 0) is 24.2 Å². The van der Waals surface area contributed by atoms with Gasteiger partial charge in [0, 0.05) is 31.8 Å². The first-order valence-electron chi connectivity index (χ1n) is 7.98. The molecule has 0 radical (unpaired) electrons. The van der Waals surface area contributed by atoms with Crippen LogP contribution in [0.4, 0.5) is 0 Å². The van der Waals surface area contributed by atoms with E-state index in [2.05, 4.69) is 22.1 Å². The standard InChI is InChI=1S/C16H23N5O2/c1-5-21-9-17-7-12(21)8-20(4)16(22)15-13-6-10(2)23-11(3)14(13)18-19-15/h7,9-11H,5-6,8H2,1-4H3,(H,18,19)/t10-,11+/m0/s1. The van der Waals surface area contributed by atoms with Gasteiger partial charge in [0.1, 0.15) is 0 Å². The summed E-state index contributed by atoms with van der Waals surface area (Å²) in [5, 5.41) is 7.23. The third-order valence-electron chi connectivity index (χ3n) is 4.32. The minimum atomic E-state index is -0.0762. The Bertz CT molecular complexity index is 705. The third kappa shape index (κ3) is 2.88. The number of hydrogen-bond acceptors (Lipinski definition) is 4. The van der Waals surface area contributed by atoms with Crippen LogP contribution in [0.5, 0.6) is 0 Å². The van der Waals surface area contributed by atoms with Crippen LogP contribution in [0, 0.1) is 0 Å². The Hall–Kier alpha value is -2.15. The van der Waals surface area contributed by atoms with Crippen LogP contribution in [0.1, 0.15) is 54.3 Å². The van der Waals surface area contributed by atoms with Gasteiger partial charge in [-0.05, 0) is 20.8 Å². The largest absolute Gasteiger partial charge is 0.369 e. The monoisotopic (exact) mass is 317 g/mol. The molecule has 0 saturated carbocycles. The Morgan fingerprint density at radius 3 is 3.04 bits per heavy atom. The molecule has 7 nitrogen and oxygen atoms in total. The molecule has 0 saturated heterocycles. The molecule has 2 aromatic heterocycles. The summed E-state index contributed by atoms with van der Waals surface area (Å²) in [4.78, 5) is 18.6. The molecule has 3 rings (SSSR count). The van der Waals surface area contributed by atoms with Crippen LogP contribution in [0.2, 0.25) is 0 Å². The van der Waals surface area contributed by atoms with Gasteiger partial charge < -0.3 is 14.2 Å². The van der Waals surface area contributed by atoms with Crippen molar-refractivity contribution in [2.45, 2.75) is 52.5 Å². The summed E-state index contributed by atoms with van der Waals surface area (Å²) in [6.07, 6.45) is 4.32. The lowest BCUT2D eigenvalue weighted by atomic mass is 9.99. The van der Waals surface area contributed by atoms with Crippen molar-refractivity contribution in [1.29, 1.82) is 0 Å². The van der Waals surface area contributed by atoms with Gasteiger partial charge in [-0.3, -0.25) is 9.89 Å². The fourth-order valence-electron chi connectivity index (χ4n) is 3.11. The molecule has 0 unspecified atom stereocenters. The molecule has 1 N–H and O–H groups in total. The average Bonchev–Trinajstić information content (AvgIpc) is 3.12. The molecule has 0 fully saturated rings. The number of amides is 1. The Labute approximate surface area is 135 Å². The molecule has 0 aromatic carbocycles. The lowest BCUT2D eigenvalue weighted by Gasteiger charge is -2.25. The zero-order valence-corrected chi connectivity index (χ0v) is 14.0. The van der Waals surface area contributed by atoms with Crippen LogP contribution in [0.15, 0.2) is 12.5 Å². The number of carbonyl (C=O) groups excluding carboxylic acids is 1. The van der Waals surface area contributed by atoms with Crippen molar-refractivity contribution in [2.75, 3.05) is 7.05 Å². The average molecular weight is 317 g/mol. The van der Waals surface area contributed by atoms with Gasteiger partial charge in [-0.1, -0.05) is 0 Å². The van der Waals surface area contributed by atoms with Gasteiger partial charge in [-0.15, -0.1) is 0 Å². The highest BCUT2D eigenvalue weighted by molar-refractivity contribution is 5.93. The van der Waals surface area contributed by atoms with Crippen LogP contribution < -0.4 is 0 Å². The number of hydrogen-bond donors (Lipinski definition) is 1. The van der Waals surface area contributed by atoms with E-state index in [0.29, 0.717) is 18.7 Å². The number of nitrogens with zero attached hydrogens (tertiary/aromatic N) is 4. The molecule has 2 aromatic rings. The second kappa shape index (κ2) is 6.16. The normalized spacial score (nSPS) is 20.3. The number of H-pyrrole nitrogens is 1. The highest BCUT2D eigenvalue weighted by Gasteiger charge is 2.30. The van der Waals surface area contributed by atoms with E-state index in [9.17, 15) is 4.79 Å². The summed E-state index contributed by atoms with van der Waals surface area (Å²) in [6.45, 7) is 7.39. The van der Waals surface area contributed by atoms with E-state index in [1.807, 2.05) is 18.4 Å². The van der Waals surface area contributed by atoms with E-state index in [1.165, 1.54) is 0 Å². The van der Waals surface area contributed by atoms with Crippen LogP contribution in [0.25, 0.3) is 0 Å². The van der Waals surface area contributed by atoms with Crippen molar-refractivity contribution < 1.29 is 9.53 Å². The summed E-state index contributed by atoms with van der Waals surface area (Å²) in [5.41, 5.74) is 3.42. The number of aryl methyl sites for hydroxylation is 1. The fourth-order valence-corrected chi connectivity index (χ4v) is 3.11. The predicted octanol–water partition coefficient (Wildman–Crippen LogP) is 1.92. The maximum absolute atomic E-state index is 12.8. The number of nitrogens with one attached hydrogen (secondary N) is 1. The van der Waals surface area contributed by atoms with Crippen molar-refractivity contribution in [3.8, 4) is 0 Å². The second-order valence-electron chi connectivity index (χ2n) is 6.09. The predicted molar refractivity (Wildman–Crippen MR) is 85.0 cm³/mol. The molecule has 0 bridgehead atoms. The first kappa shape index (κ1) is 15.7. The Kier molecular flexibility index (Phi) is 4.21. The quantitative estimate of drug-likeness (QED) is 0.935. The zero-order chi connectivity index (χ0) is 16.6. The minimum Gasteiger partial charge on any atom is -0.369 e. The molecule has 2 atom stereocenters. The molecule has 23 heavy (non-hydrogen) atoms. The molecule has 7 heteroatoms. The maximum atomic E-state index is 12.8. The molecular formula is C16H23N5O2. The van der Waals surface area contributed by atoms with Gasteiger partial charge in [-0.25, -0.2) is 4.98 Å². The van der Waals surface area contributed by atoms with E-state index in [1.54, 1.807) is 24.5 Å². The van der Waals surface area contributed by atoms with Crippen molar-refractivity contribution in [2.24, 2.45) is 0 Å². The van der Waals surface area contributed by atoms with E-state index in [-0.39, 0.29) is 18.1 Å². The number of ether oxygens (including phenoxy) is 1. The van der Waals surface area contributed by atoms with E-state index >= 15 is 0 Å². The molecule has 1 aliphatic heterocycles. The molecular weight excluding hydrogens is 294 g/mol. The lowest BCUT2D eigenvalue weighted by Crippen LogP contribution is -2.30. The van der Waals surface area contributed by atoms with Crippen molar-refractivity contribution >= 4 is 5.91 Å². The number of imidazole rings is 1. The van der Waals surface area contributed by atoms with Gasteiger partial charge in [0.2, 0.25) is 0 Å². The van der Waals surface area contributed by atoms with Crippen LogP contribution in [-0.4, -0.2) is 43.7 Å². The molecule has 124 valence electrons. The molecule has 0 spiro atoms. The van der Waals surface area contributed by atoms with E-state index in [0.717, 1.165) is 23.5 Å². The Morgan fingerprint density at radius 1 is 1.52 bits per heavy atom. The van der Waals surface area contributed by atoms with Crippen molar-refractivity contribution in [3.63, 3.8) is 0 Å². The number of aromatic amines is 1. The number of rotatable bonds is 4. The summed E-state index contributed by atoms with van der Waals surface area (Å²) < 4.78 is 7.80.